The van der Waals surface area contributed by atoms with Gasteiger partial charge < -0.3 is 5.32 Å². The van der Waals surface area contributed by atoms with Crippen LogP contribution in [0.3, 0.4) is 0 Å². The number of amides is 1. The third-order valence-electron chi connectivity index (χ3n) is 4.65. The van der Waals surface area contributed by atoms with Crippen LogP contribution in [0.2, 0.25) is 5.02 Å². The number of hydrogen-bond acceptors (Lipinski definition) is 3. The van der Waals surface area contributed by atoms with Gasteiger partial charge >= 0.3 is 0 Å². The Morgan fingerprint density at radius 3 is 2.52 bits per heavy atom. The molecule has 27 heavy (non-hydrogen) atoms. The maximum Gasteiger partial charge on any atom is 0.282 e. The first-order valence-corrected chi connectivity index (χ1v) is 10.4. The highest BCUT2D eigenvalue weighted by Crippen LogP contribution is 2.22. The van der Waals surface area contributed by atoms with Crippen molar-refractivity contribution in [1.82, 2.24) is 8.61 Å². The SMILES string of the molecule is Cc1ccccc1CN1CCN(CC(=O)Nc2cc(Cl)ccc2C)S1(=O)=O. The average Bonchev–Trinajstić information content (AvgIpc) is 2.87. The van der Waals surface area contributed by atoms with E-state index < -0.39 is 10.2 Å². The minimum absolute atomic E-state index is 0.224. The molecule has 2 aromatic carbocycles. The molecule has 1 heterocycles. The molecule has 1 aliphatic heterocycles. The Bertz CT molecular complexity index is 962. The molecule has 0 radical (unpaired) electrons. The monoisotopic (exact) mass is 407 g/mol. The maximum atomic E-state index is 12.8. The molecular weight excluding hydrogens is 386 g/mol. The number of nitrogens with one attached hydrogen (secondary N) is 1. The molecule has 0 saturated carbocycles. The summed E-state index contributed by atoms with van der Waals surface area (Å²) < 4.78 is 28.2. The van der Waals surface area contributed by atoms with Crippen LogP contribution < -0.4 is 5.32 Å². The second-order valence-electron chi connectivity index (χ2n) is 6.61. The van der Waals surface area contributed by atoms with Crippen molar-refractivity contribution in [2.45, 2.75) is 20.4 Å². The lowest BCUT2D eigenvalue weighted by molar-refractivity contribution is -0.116. The Morgan fingerprint density at radius 1 is 1.07 bits per heavy atom. The van der Waals surface area contributed by atoms with Crippen molar-refractivity contribution >= 4 is 33.4 Å². The Hall–Kier alpha value is -1.93. The Balaban J connectivity index is 1.67. The van der Waals surface area contributed by atoms with Crippen molar-refractivity contribution in [3.8, 4) is 0 Å². The van der Waals surface area contributed by atoms with Crippen molar-refractivity contribution in [2.24, 2.45) is 0 Å². The largest absolute Gasteiger partial charge is 0.325 e. The van der Waals surface area contributed by atoms with Crippen LogP contribution in [0.15, 0.2) is 42.5 Å². The molecule has 1 fully saturated rings. The van der Waals surface area contributed by atoms with E-state index in [0.29, 0.717) is 23.8 Å². The summed E-state index contributed by atoms with van der Waals surface area (Å²) >= 11 is 5.96. The first-order chi connectivity index (χ1) is 12.8. The number of hydrogen-bond donors (Lipinski definition) is 1. The fraction of sp³-hybridized carbons (Fsp3) is 0.316. The third-order valence-corrected chi connectivity index (χ3v) is 6.82. The molecule has 1 amide bonds. The van der Waals surface area contributed by atoms with Crippen LogP contribution in [0.4, 0.5) is 5.69 Å². The lowest BCUT2D eigenvalue weighted by atomic mass is 10.1. The molecule has 6 nitrogen and oxygen atoms in total. The van der Waals surface area contributed by atoms with Crippen LogP contribution in [-0.4, -0.2) is 42.6 Å². The summed E-state index contributed by atoms with van der Waals surface area (Å²) in [4.78, 5) is 12.4. The standard InChI is InChI=1S/C19H22ClN3O3S/c1-14-5-3-4-6-16(14)12-22-9-10-23(27(22,25)26)13-19(24)21-18-11-17(20)8-7-15(18)2/h3-8,11H,9-10,12-13H2,1-2H3,(H,21,24). The van der Waals surface area contributed by atoms with Crippen molar-refractivity contribution < 1.29 is 13.2 Å². The van der Waals surface area contributed by atoms with Gasteiger partial charge in [-0.15, -0.1) is 0 Å². The topological polar surface area (TPSA) is 69.7 Å². The molecule has 0 aromatic heterocycles. The van der Waals surface area contributed by atoms with Crippen LogP contribution in [0, 0.1) is 13.8 Å². The van der Waals surface area contributed by atoms with Crippen molar-refractivity contribution in [3.05, 3.63) is 64.2 Å². The molecule has 1 N–H and O–H groups in total. The minimum Gasteiger partial charge on any atom is -0.325 e. The second kappa shape index (κ2) is 7.98. The van der Waals surface area contributed by atoms with Gasteiger partial charge in [-0.05, 0) is 42.7 Å². The number of halogens is 1. The maximum absolute atomic E-state index is 12.8. The zero-order valence-corrected chi connectivity index (χ0v) is 16.8. The first kappa shape index (κ1) is 19.8. The van der Waals surface area contributed by atoms with Gasteiger partial charge in [-0.3, -0.25) is 4.79 Å². The fourth-order valence-corrected chi connectivity index (χ4v) is 4.70. The Morgan fingerprint density at radius 2 is 1.78 bits per heavy atom. The molecule has 8 heteroatoms. The van der Waals surface area contributed by atoms with E-state index in [1.165, 1.54) is 8.61 Å². The third kappa shape index (κ3) is 4.50. The molecule has 0 atom stereocenters. The highest BCUT2D eigenvalue weighted by molar-refractivity contribution is 7.87. The molecule has 0 aliphatic carbocycles. The van der Waals surface area contributed by atoms with Gasteiger partial charge in [0.15, 0.2) is 0 Å². The quantitative estimate of drug-likeness (QED) is 0.828. The summed E-state index contributed by atoms with van der Waals surface area (Å²) in [6.07, 6.45) is 0. The average molecular weight is 408 g/mol. The summed E-state index contributed by atoms with van der Waals surface area (Å²) in [5.74, 6) is -0.387. The molecule has 0 bridgehead atoms. The summed E-state index contributed by atoms with van der Waals surface area (Å²) in [7, 11) is -3.67. The Labute approximate surface area is 164 Å². The van der Waals surface area contributed by atoms with Crippen molar-refractivity contribution in [1.29, 1.82) is 0 Å². The summed E-state index contributed by atoms with van der Waals surface area (Å²) in [5, 5.41) is 3.25. The number of rotatable bonds is 5. The van der Waals surface area contributed by atoms with Gasteiger partial charge in [0, 0.05) is 30.3 Å². The second-order valence-corrected chi connectivity index (χ2v) is 8.97. The molecule has 2 aromatic rings. The van der Waals surface area contributed by atoms with Gasteiger partial charge in [-0.25, -0.2) is 0 Å². The van der Waals surface area contributed by atoms with Crippen LogP contribution >= 0.6 is 11.6 Å². The van der Waals surface area contributed by atoms with E-state index in [1.54, 1.807) is 18.2 Å². The van der Waals surface area contributed by atoms with E-state index in [2.05, 4.69) is 5.32 Å². The highest BCUT2D eigenvalue weighted by atomic mass is 35.5. The molecular formula is C19H22ClN3O3S. The number of aryl methyl sites for hydroxylation is 2. The smallest absolute Gasteiger partial charge is 0.282 e. The van der Waals surface area contributed by atoms with E-state index >= 15 is 0 Å². The van der Waals surface area contributed by atoms with Gasteiger partial charge in [-0.1, -0.05) is 41.9 Å². The molecule has 0 spiro atoms. The predicted molar refractivity (Wildman–Crippen MR) is 107 cm³/mol. The number of nitrogens with zero attached hydrogens (tertiary/aromatic N) is 2. The highest BCUT2D eigenvalue weighted by Gasteiger charge is 2.37. The molecule has 1 aliphatic rings. The summed E-state index contributed by atoms with van der Waals surface area (Å²) in [6.45, 7) is 4.54. The number of carbonyl (C=O) groups is 1. The van der Waals surface area contributed by atoms with Crippen molar-refractivity contribution in [2.75, 3.05) is 25.0 Å². The number of anilines is 1. The first-order valence-electron chi connectivity index (χ1n) is 8.63. The van der Waals surface area contributed by atoms with E-state index in [0.717, 1.165) is 16.7 Å². The summed E-state index contributed by atoms with van der Waals surface area (Å²) in [5.41, 5.74) is 3.45. The summed E-state index contributed by atoms with van der Waals surface area (Å²) in [6, 6.07) is 12.9. The zero-order valence-electron chi connectivity index (χ0n) is 15.3. The van der Waals surface area contributed by atoms with E-state index in [-0.39, 0.29) is 19.0 Å². The van der Waals surface area contributed by atoms with E-state index in [9.17, 15) is 13.2 Å². The predicted octanol–water partition coefficient (Wildman–Crippen LogP) is 2.96. The van der Waals surface area contributed by atoms with Crippen LogP contribution in [0.1, 0.15) is 16.7 Å². The van der Waals surface area contributed by atoms with Gasteiger partial charge in [0.05, 0.1) is 6.54 Å². The van der Waals surface area contributed by atoms with Crippen LogP contribution in [0.5, 0.6) is 0 Å². The lowest BCUT2D eigenvalue weighted by Gasteiger charge is -2.19. The molecule has 3 rings (SSSR count). The van der Waals surface area contributed by atoms with E-state index in [4.69, 9.17) is 11.6 Å². The number of benzene rings is 2. The van der Waals surface area contributed by atoms with Gasteiger partial charge in [0.1, 0.15) is 0 Å². The number of carbonyl (C=O) groups excluding carboxylic acids is 1. The van der Waals surface area contributed by atoms with Crippen molar-refractivity contribution in [3.63, 3.8) is 0 Å². The fourth-order valence-electron chi connectivity index (χ4n) is 2.99. The molecule has 1 saturated heterocycles. The van der Waals surface area contributed by atoms with Crippen LogP contribution in [-0.2, 0) is 21.5 Å². The van der Waals surface area contributed by atoms with Gasteiger partial charge in [0.25, 0.3) is 10.2 Å². The molecule has 144 valence electrons. The van der Waals surface area contributed by atoms with Crippen LogP contribution in [0.25, 0.3) is 0 Å². The minimum atomic E-state index is -3.67. The van der Waals surface area contributed by atoms with E-state index in [1.807, 2.05) is 38.1 Å². The Kier molecular flexibility index (Phi) is 5.86. The normalized spacial score (nSPS) is 17.1. The zero-order chi connectivity index (χ0) is 19.6. The molecule has 0 unspecified atom stereocenters. The lowest BCUT2D eigenvalue weighted by Crippen LogP contribution is -2.38. The van der Waals surface area contributed by atoms with Gasteiger partial charge in [-0.2, -0.15) is 17.0 Å². The van der Waals surface area contributed by atoms with Gasteiger partial charge in [0.2, 0.25) is 5.91 Å².